The lowest BCUT2D eigenvalue weighted by molar-refractivity contribution is -0.138. The van der Waals surface area contributed by atoms with Crippen molar-refractivity contribution in [1.29, 1.82) is 0 Å². The van der Waals surface area contributed by atoms with Gasteiger partial charge >= 0.3 is 11.9 Å². The first-order valence-corrected chi connectivity index (χ1v) is 14.5. The van der Waals surface area contributed by atoms with Gasteiger partial charge in [-0.1, -0.05) is 36.4 Å². The van der Waals surface area contributed by atoms with Crippen LogP contribution in [0.1, 0.15) is 29.2 Å². The number of imidazole rings is 1. The molecular weight excluding hydrogens is 564 g/mol. The number of aromatic nitrogens is 2. The minimum absolute atomic E-state index is 0.00799. The predicted molar refractivity (Wildman–Crippen MR) is 157 cm³/mol. The summed E-state index contributed by atoms with van der Waals surface area (Å²) in [5, 5.41) is 0. The molecular formula is C32H34F4N4O3. The second kappa shape index (κ2) is 12.0. The van der Waals surface area contributed by atoms with Crippen LogP contribution in [0.5, 0.6) is 5.75 Å². The highest BCUT2D eigenvalue weighted by Crippen LogP contribution is 2.36. The van der Waals surface area contributed by atoms with Crippen LogP contribution in [0.3, 0.4) is 0 Å². The molecule has 2 fully saturated rings. The van der Waals surface area contributed by atoms with E-state index >= 15 is 4.39 Å². The van der Waals surface area contributed by atoms with Crippen LogP contribution >= 0.6 is 0 Å². The van der Waals surface area contributed by atoms with Gasteiger partial charge in [-0.3, -0.25) is 14.0 Å². The number of benzene rings is 3. The third-order valence-corrected chi connectivity index (χ3v) is 8.53. The Morgan fingerprint density at radius 2 is 1.70 bits per heavy atom. The summed E-state index contributed by atoms with van der Waals surface area (Å²) < 4.78 is 70.9. The predicted octanol–water partition coefficient (Wildman–Crippen LogP) is 5.34. The van der Waals surface area contributed by atoms with E-state index in [1.54, 1.807) is 28.8 Å². The normalized spacial score (nSPS) is 18.1. The average molecular weight is 599 g/mol. The third-order valence-electron chi connectivity index (χ3n) is 8.53. The van der Waals surface area contributed by atoms with E-state index in [0.29, 0.717) is 61.6 Å². The maximum atomic E-state index is 15.4. The Kier molecular flexibility index (Phi) is 8.19. The molecule has 0 amide bonds. The molecule has 11 heteroatoms. The summed E-state index contributed by atoms with van der Waals surface area (Å²) in [6, 6.07) is 15.4. The molecule has 3 heterocycles. The Bertz CT molecular complexity index is 1660. The highest BCUT2D eigenvalue weighted by Gasteiger charge is 2.35. The topological polar surface area (TPSA) is 51.9 Å². The number of anilines is 1. The summed E-state index contributed by atoms with van der Waals surface area (Å²) in [4.78, 5) is 18.3. The summed E-state index contributed by atoms with van der Waals surface area (Å²) >= 11 is 0. The van der Waals surface area contributed by atoms with Crippen molar-refractivity contribution >= 4 is 16.7 Å². The lowest BCUT2D eigenvalue weighted by Crippen LogP contribution is -2.37. The number of nitrogens with zero attached hydrogens (tertiary/aromatic N) is 4. The molecule has 2 aliphatic rings. The van der Waals surface area contributed by atoms with Gasteiger partial charge in [-0.05, 0) is 48.2 Å². The number of rotatable bonds is 8. The van der Waals surface area contributed by atoms with Crippen LogP contribution in [-0.2, 0) is 23.9 Å². The molecule has 3 aromatic carbocycles. The molecule has 228 valence electrons. The zero-order valence-electron chi connectivity index (χ0n) is 23.9. The third kappa shape index (κ3) is 5.75. The molecule has 0 unspecified atom stereocenters. The van der Waals surface area contributed by atoms with Crippen LogP contribution in [0.15, 0.2) is 65.5 Å². The highest BCUT2D eigenvalue weighted by molar-refractivity contribution is 5.83. The van der Waals surface area contributed by atoms with Gasteiger partial charge in [-0.25, -0.2) is 9.18 Å². The van der Waals surface area contributed by atoms with Crippen LogP contribution < -0.4 is 15.3 Å². The Balaban J connectivity index is 1.34. The lowest BCUT2D eigenvalue weighted by atomic mass is 10.1. The van der Waals surface area contributed by atoms with Crippen molar-refractivity contribution in [2.75, 3.05) is 57.9 Å². The Morgan fingerprint density at radius 1 is 0.953 bits per heavy atom. The molecule has 2 saturated heterocycles. The lowest BCUT2D eigenvalue weighted by Gasteiger charge is -2.28. The molecule has 0 N–H and O–H groups in total. The van der Waals surface area contributed by atoms with Crippen LogP contribution in [0, 0.1) is 5.82 Å². The molecule has 6 rings (SSSR count). The summed E-state index contributed by atoms with van der Waals surface area (Å²) in [6.07, 6.45) is -3.30. The van der Waals surface area contributed by atoms with Gasteiger partial charge in [0.2, 0.25) is 0 Å². The minimum Gasteiger partial charge on any atom is -0.494 e. The monoisotopic (exact) mass is 598 g/mol. The van der Waals surface area contributed by atoms with E-state index in [-0.39, 0.29) is 24.0 Å². The molecule has 1 atom stereocenters. The summed E-state index contributed by atoms with van der Waals surface area (Å²) in [6.45, 7) is 4.53. The number of para-hydroxylation sites is 2. The summed E-state index contributed by atoms with van der Waals surface area (Å²) in [5.74, 6) is 0.0903. The zero-order valence-corrected chi connectivity index (χ0v) is 23.9. The standard InChI is InChI=1S/C32H34F4N4O3/c1-42-28-11-5-10-27-30(28)39(20-23-6-2-3-8-25(23)32(34,35)36)31(41)40(27)24-13-15-38(21-24)29-22(7-4-9-26(29)33)12-14-37-16-18-43-19-17-37/h2-11,24H,12-21H2,1H3/t24-/m1/s1. The number of ether oxygens (including phenoxy) is 2. The first kappa shape index (κ1) is 29.3. The van der Waals surface area contributed by atoms with Crippen molar-refractivity contribution in [2.45, 2.75) is 31.6 Å². The molecule has 2 aliphatic heterocycles. The van der Waals surface area contributed by atoms with E-state index in [0.717, 1.165) is 31.3 Å². The molecule has 0 saturated carbocycles. The fourth-order valence-electron chi connectivity index (χ4n) is 6.45. The van der Waals surface area contributed by atoms with Gasteiger partial charge in [0.05, 0.1) is 49.7 Å². The first-order valence-electron chi connectivity index (χ1n) is 14.5. The van der Waals surface area contributed by atoms with Gasteiger partial charge in [0.25, 0.3) is 0 Å². The van der Waals surface area contributed by atoms with Gasteiger partial charge in [0.1, 0.15) is 17.1 Å². The summed E-state index contributed by atoms with van der Waals surface area (Å²) in [7, 11) is 1.47. The van der Waals surface area contributed by atoms with E-state index in [2.05, 4.69) is 4.90 Å². The smallest absolute Gasteiger partial charge is 0.416 e. The van der Waals surface area contributed by atoms with Crippen LogP contribution in [-0.4, -0.2) is 67.1 Å². The van der Waals surface area contributed by atoms with Gasteiger partial charge in [0, 0.05) is 32.7 Å². The van der Waals surface area contributed by atoms with Crippen LogP contribution in [0.25, 0.3) is 11.0 Å². The maximum Gasteiger partial charge on any atom is 0.416 e. The first-order chi connectivity index (χ1) is 20.8. The number of alkyl halides is 3. The van der Waals surface area contributed by atoms with Crippen LogP contribution in [0.2, 0.25) is 0 Å². The molecule has 7 nitrogen and oxygen atoms in total. The number of hydrogen-bond acceptors (Lipinski definition) is 5. The molecule has 0 aliphatic carbocycles. The number of hydrogen-bond donors (Lipinski definition) is 0. The van der Waals surface area contributed by atoms with Crippen molar-refractivity contribution in [3.05, 3.63) is 93.7 Å². The molecule has 4 aromatic rings. The fourth-order valence-corrected chi connectivity index (χ4v) is 6.45. The van der Waals surface area contributed by atoms with E-state index < -0.39 is 17.4 Å². The van der Waals surface area contributed by atoms with E-state index in [4.69, 9.17) is 9.47 Å². The Morgan fingerprint density at radius 3 is 2.47 bits per heavy atom. The van der Waals surface area contributed by atoms with Gasteiger partial charge in [-0.2, -0.15) is 13.2 Å². The van der Waals surface area contributed by atoms with Crippen molar-refractivity contribution in [2.24, 2.45) is 0 Å². The van der Waals surface area contributed by atoms with E-state index in [1.807, 2.05) is 11.0 Å². The van der Waals surface area contributed by atoms with Crippen molar-refractivity contribution in [3.63, 3.8) is 0 Å². The minimum atomic E-state index is -4.56. The largest absolute Gasteiger partial charge is 0.494 e. The molecule has 1 aromatic heterocycles. The molecule has 0 radical (unpaired) electrons. The maximum absolute atomic E-state index is 15.4. The van der Waals surface area contributed by atoms with Crippen molar-refractivity contribution < 1.29 is 27.0 Å². The second-order valence-corrected chi connectivity index (χ2v) is 11.1. The van der Waals surface area contributed by atoms with Crippen LogP contribution in [0.4, 0.5) is 23.2 Å². The van der Waals surface area contributed by atoms with E-state index in [9.17, 15) is 18.0 Å². The zero-order chi connectivity index (χ0) is 30.1. The quantitative estimate of drug-likeness (QED) is 0.256. The van der Waals surface area contributed by atoms with Crippen molar-refractivity contribution in [1.82, 2.24) is 14.0 Å². The number of methoxy groups -OCH3 is 1. The highest BCUT2D eigenvalue weighted by atomic mass is 19.4. The SMILES string of the molecule is COc1cccc2c1n(Cc1ccccc1C(F)(F)F)c(=O)n2[C@@H]1CCN(c2c(F)cccc2CCN2CCOCC2)C1. The number of fused-ring (bicyclic) bond motifs is 1. The summed E-state index contributed by atoms with van der Waals surface area (Å²) in [5.41, 5.74) is 1.24. The van der Waals surface area contributed by atoms with Gasteiger partial charge < -0.3 is 14.4 Å². The van der Waals surface area contributed by atoms with Gasteiger partial charge in [0.15, 0.2) is 0 Å². The fraction of sp³-hybridized carbons (Fsp3) is 0.406. The van der Waals surface area contributed by atoms with Gasteiger partial charge in [-0.15, -0.1) is 0 Å². The Labute approximate surface area is 246 Å². The van der Waals surface area contributed by atoms with Crippen molar-refractivity contribution in [3.8, 4) is 5.75 Å². The number of halogens is 4. The average Bonchev–Trinajstić information content (AvgIpc) is 3.58. The molecule has 0 bridgehead atoms. The number of morpholine rings is 1. The van der Waals surface area contributed by atoms with E-state index in [1.165, 1.54) is 35.9 Å². The second-order valence-electron chi connectivity index (χ2n) is 11.1. The molecule has 43 heavy (non-hydrogen) atoms. The molecule has 0 spiro atoms. The Hall–Kier alpha value is -3.83.